The molecule has 2 aromatic heterocycles. The minimum atomic E-state index is -4.12. The van der Waals surface area contributed by atoms with E-state index in [1.54, 1.807) is 6.92 Å². The van der Waals surface area contributed by atoms with E-state index in [-0.39, 0.29) is 16.5 Å². The van der Waals surface area contributed by atoms with Crippen LogP contribution < -0.4 is 9.46 Å². The number of fused-ring (bicyclic) bond motifs is 1. The van der Waals surface area contributed by atoms with E-state index in [0.717, 1.165) is 6.42 Å². The molecule has 1 aliphatic rings. The maximum atomic E-state index is 12.4. The monoisotopic (exact) mass is 340 g/mol. The molecule has 0 atom stereocenters. The number of oxazole rings is 1. The number of ether oxygens (including phenoxy) is 1. The number of rotatable bonds is 4. The molecule has 23 heavy (non-hydrogen) atoms. The zero-order chi connectivity index (χ0) is 16.6. The van der Waals surface area contributed by atoms with Crippen molar-refractivity contribution in [2.75, 3.05) is 6.61 Å². The van der Waals surface area contributed by atoms with Gasteiger partial charge in [0.2, 0.25) is 11.6 Å². The van der Waals surface area contributed by atoms with Crippen LogP contribution in [0.2, 0.25) is 0 Å². The number of nitrogens with zero attached hydrogens (tertiary/aromatic N) is 3. The van der Waals surface area contributed by atoms with Gasteiger partial charge in [-0.1, -0.05) is 6.92 Å². The Balaban J connectivity index is 1.87. The number of sulfonamides is 1. The highest BCUT2D eigenvalue weighted by atomic mass is 32.2. The first-order chi connectivity index (χ1) is 10.9. The molecule has 1 N–H and O–H groups in total. The van der Waals surface area contributed by atoms with Gasteiger partial charge in [0.25, 0.3) is 10.0 Å². The van der Waals surface area contributed by atoms with Crippen molar-refractivity contribution in [3.63, 3.8) is 0 Å². The van der Waals surface area contributed by atoms with Gasteiger partial charge >= 0.3 is 5.91 Å². The Morgan fingerprint density at radius 1 is 1.48 bits per heavy atom. The van der Waals surface area contributed by atoms with Gasteiger partial charge in [-0.25, -0.2) is 22.8 Å². The second-order valence-corrected chi connectivity index (χ2v) is 6.70. The number of hydrogen-bond acceptors (Lipinski definition) is 7. The highest BCUT2D eigenvalue weighted by Gasteiger charge is 2.30. The van der Waals surface area contributed by atoms with Gasteiger partial charge in [0.15, 0.2) is 10.8 Å². The Kier molecular flexibility index (Phi) is 3.84. The standard InChI is InChI=1S/C13H16N4O5S/c1-3-10-15-8(2)11(22-10)12(18)16-23(19,20)9-7-14-17-5-4-6-21-13(9)17/h7H,3-6H2,1-2H3,(H,16,18). The molecule has 124 valence electrons. The minimum Gasteiger partial charge on any atom is -0.477 e. The number of nitrogens with one attached hydrogen (secondary N) is 1. The molecule has 0 saturated heterocycles. The van der Waals surface area contributed by atoms with Crippen LogP contribution in [-0.2, 0) is 23.0 Å². The lowest BCUT2D eigenvalue weighted by Crippen LogP contribution is -2.31. The lowest BCUT2D eigenvalue weighted by atomic mass is 10.4. The molecule has 0 bridgehead atoms. The van der Waals surface area contributed by atoms with Crippen molar-refractivity contribution in [1.29, 1.82) is 0 Å². The molecule has 3 rings (SSSR count). The summed E-state index contributed by atoms with van der Waals surface area (Å²) in [6.07, 6.45) is 2.42. The average Bonchev–Trinajstić information content (AvgIpc) is 3.10. The third kappa shape index (κ3) is 2.81. The van der Waals surface area contributed by atoms with E-state index in [1.807, 2.05) is 11.6 Å². The van der Waals surface area contributed by atoms with Gasteiger partial charge in [-0.05, 0) is 6.92 Å². The third-order valence-electron chi connectivity index (χ3n) is 3.38. The molecule has 0 saturated carbocycles. The molecule has 9 nitrogen and oxygen atoms in total. The summed E-state index contributed by atoms with van der Waals surface area (Å²) >= 11 is 0. The van der Waals surface area contributed by atoms with E-state index in [1.165, 1.54) is 10.9 Å². The van der Waals surface area contributed by atoms with Crippen LogP contribution in [-0.4, -0.2) is 35.7 Å². The second kappa shape index (κ2) is 5.69. The molecule has 1 amide bonds. The van der Waals surface area contributed by atoms with Crippen LogP contribution in [0.1, 0.15) is 35.5 Å². The Hall–Kier alpha value is -2.36. The number of aryl methyl sites for hydroxylation is 3. The zero-order valence-electron chi connectivity index (χ0n) is 12.7. The first-order valence-electron chi connectivity index (χ1n) is 7.14. The summed E-state index contributed by atoms with van der Waals surface area (Å²) in [5.74, 6) is -0.478. The lowest BCUT2D eigenvalue weighted by molar-refractivity contribution is 0.0952. The first-order valence-corrected chi connectivity index (χ1v) is 8.62. The van der Waals surface area contributed by atoms with E-state index in [4.69, 9.17) is 9.15 Å². The van der Waals surface area contributed by atoms with E-state index in [0.29, 0.717) is 31.2 Å². The minimum absolute atomic E-state index is 0.118. The summed E-state index contributed by atoms with van der Waals surface area (Å²) in [5.41, 5.74) is 0.336. The molecule has 3 heterocycles. The Bertz CT molecular complexity index is 852. The van der Waals surface area contributed by atoms with Crippen LogP contribution in [0.25, 0.3) is 0 Å². The second-order valence-electron chi connectivity index (χ2n) is 5.05. The van der Waals surface area contributed by atoms with E-state index >= 15 is 0 Å². The van der Waals surface area contributed by atoms with Crippen molar-refractivity contribution < 1.29 is 22.4 Å². The number of amides is 1. The van der Waals surface area contributed by atoms with Gasteiger partial charge < -0.3 is 9.15 Å². The van der Waals surface area contributed by atoms with Crippen LogP contribution in [0.15, 0.2) is 15.5 Å². The fraction of sp³-hybridized carbons (Fsp3) is 0.462. The average molecular weight is 340 g/mol. The molecular formula is C13H16N4O5S. The molecule has 2 aromatic rings. The topological polar surface area (TPSA) is 116 Å². The Morgan fingerprint density at radius 2 is 2.26 bits per heavy atom. The molecule has 0 unspecified atom stereocenters. The highest BCUT2D eigenvalue weighted by Crippen LogP contribution is 2.26. The largest absolute Gasteiger partial charge is 0.477 e. The number of carbonyl (C=O) groups is 1. The number of carbonyl (C=O) groups excluding carboxylic acids is 1. The van der Waals surface area contributed by atoms with Crippen LogP contribution in [0.4, 0.5) is 0 Å². The van der Waals surface area contributed by atoms with Crippen molar-refractivity contribution in [1.82, 2.24) is 19.5 Å². The predicted octanol–water partition coefficient (Wildman–Crippen LogP) is 0.643. The highest BCUT2D eigenvalue weighted by molar-refractivity contribution is 7.90. The van der Waals surface area contributed by atoms with Crippen molar-refractivity contribution in [3.8, 4) is 5.88 Å². The van der Waals surface area contributed by atoms with E-state index in [2.05, 4.69) is 10.1 Å². The maximum absolute atomic E-state index is 12.4. The summed E-state index contributed by atoms with van der Waals surface area (Å²) in [7, 11) is -4.12. The summed E-state index contributed by atoms with van der Waals surface area (Å²) in [6.45, 7) is 4.37. The molecular weight excluding hydrogens is 324 g/mol. The van der Waals surface area contributed by atoms with E-state index < -0.39 is 15.9 Å². The quantitative estimate of drug-likeness (QED) is 0.868. The molecule has 10 heteroatoms. The smallest absolute Gasteiger partial charge is 0.302 e. The van der Waals surface area contributed by atoms with E-state index in [9.17, 15) is 13.2 Å². The van der Waals surface area contributed by atoms with Crippen molar-refractivity contribution in [2.45, 2.75) is 38.1 Å². The van der Waals surface area contributed by atoms with Gasteiger partial charge in [0, 0.05) is 19.4 Å². The fourth-order valence-corrected chi connectivity index (χ4v) is 3.29. The summed E-state index contributed by atoms with van der Waals surface area (Å²) < 4.78 is 38.9. The van der Waals surface area contributed by atoms with Crippen LogP contribution in [0.5, 0.6) is 5.88 Å². The first kappa shape index (κ1) is 15.5. The molecule has 0 fully saturated rings. The normalized spacial score (nSPS) is 14.2. The van der Waals surface area contributed by atoms with Crippen LogP contribution in [0.3, 0.4) is 0 Å². The van der Waals surface area contributed by atoms with Crippen LogP contribution in [0, 0.1) is 6.92 Å². The molecule has 0 spiro atoms. The fourth-order valence-electron chi connectivity index (χ4n) is 2.27. The molecule has 0 radical (unpaired) electrons. The van der Waals surface area contributed by atoms with Crippen molar-refractivity contribution in [3.05, 3.63) is 23.5 Å². The number of aromatic nitrogens is 3. The summed E-state index contributed by atoms with van der Waals surface area (Å²) in [6, 6.07) is 0. The van der Waals surface area contributed by atoms with Gasteiger partial charge in [-0.2, -0.15) is 5.10 Å². The zero-order valence-corrected chi connectivity index (χ0v) is 13.5. The lowest BCUT2D eigenvalue weighted by Gasteiger charge is -2.16. The van der Waals surface area contributed by atoms with Gasteiger partial charge in [0.05, 0.1) is 18.5 Å². The number of hydrogen-bond donors (Lipinski definition) is 1. The van der Waals surface area contributed by atoms with Crippen molar-refractivity contribution >= 4 is 15.9 Å². The molecule has 1 aliphatic heterocycles. The molecule has 0 aliphatic carbocycles. The van der Waals surface area contributed by atoms with Gasteiger partial charge in [-0.3, -0.25) is 4.79 Å². The van der Waals surface area contributed by atoms with Gasteiger partial charge in [-0.15, -0.1) is 0 Å². The molecule has 0 aromatic carbocycles. The third-order valence-corrected chi connectivity index (χ3v) is 4.69. The Morgan fingerprint density at radius 3 is 2.96 bits per heavy atom. The summed E-state index contributed by atoms with van der Waals surface area (Å²) in [5, 5.41) is 3.96. The SMILES string of the molecule is CCc1nc(C)c(C(=O)NS(=O)(=O)c2cnn3c2OCCC3)o1. The van der Waals surface area contributed by atoms with Gasteiger partial charge in [0.1, 0.15) is 0 Å². The summed E-state index contributed by atoms with van der Waals surface area (Å²) in [4.78, 5) is 16.1. The predicted molar refractivity (Wildman–Crippen MR) is 77.6 cm³/mol. The van der Waals surface area contributed by atoms with Crippen molar-refractivity contribution in [2.24, 2.45) is 0 Å². The Labute approximate surface area is 132 Å². The maximum Gasteiger partial charge on any atom is 0.302 e. The van der Waals surface area contributed by atoms with Crippen LogP contribution >= 0.6 is 0 Å².